The van der Waals surface area contributed by atoms with Gasteiger partial charge in [0.25, 0.3) is 0 Å². The van der Waals surface area contributed by atoms with Crippen molar-refractivity contribution in [2.24, 2.45) is 10.7 Å². The Morgan fingerprint density at radius 3 is 2.41 bits per heavy atom. The summed E-state index contributed by atoms with van der Waals surface area (Å²) in [7, 11) is 1.69. The Bertz CT molecular complexity index is 1380. The molecule has 5 rings (SSSR count). The topological polar surface area (TPSA) is 69.1 Å². The molecule has 3 aromatic rings. The third kappa shape index (κ3) is 5.36. The second-order valence-corrected chi connectivity index (χ2v) is 10.0. The van der Waals surface area contributed by atoms with Crippen molar-refractivity contribution in [1.29, 1.82) is 0 Å². The number of pyridine rings is 1. The lowest BCUT2D eigenvalue weighted by molar-refractivity contribution is 0.272. The van der Waals surface area contributed by atoms with Crippen molar-refractivity contribution in [3.8, 4) is 5.69 Å². The van der Waals surface area contributed by atoms with E-state index in [1.54, 1.807) is 13.1 Å². The van der Waals surface area contributed by atoms with Crippen LogP contribution in [0.1, 0.15) is 76.4 Å². The Morgan fingerprint density at radius 2 is 1.84 bits per heavy atom. The van der Waals surface area contributed by atoms with E-state index in [1.807, 2.05) is 18.2 Å². The fourth-order valence-corrected chi connectivity index (χ4v) is 4.87. The van der Waals surface area contributed by atoms with E-state index in [0.29, 0.717) is 11.7 Å². The van der Waals surface area contributed by atoms with Gasteiger partial charge in [0.15, 0.2) is 11.5 Å². The Hall–Kier alpha value is -3.73. The zero-order chi connectivity index (χ0) is 26.4. The van der Waals surface area contributed by atoms with Gasteiger partial charge in [-0.3, -0.25) is 9.56 Å². The fourth-order valence-electron chi connectivity index (χ4n) is 4.87. The van der Waals surface area contributed by atoms with Crippen LogP contribution < -0.4 is 5.73 Å². The van der Waals surface area contributed by atoms with Gasteiger partial charge in [0.05, 0.1) is 11.3 Å². The number of fused-ring (bicyclic) bond motifs is 1. The molecule has 0 atom stereocenters. The number of aliphatic imine (C=N–C) groups is 1. The van der Waals surface area contributed by atoms with Crippen molar-refractivity contribution in [1.82, 2.24) is 14.5 Å². The molecule has 2 N–H and O–H groups in total. The second-order valence-electron chi connectivity index (χ2n) is 10.0. The SMILES string of the molecule is C=C/C=C(\C(N)=NC)c1nc2ccc(C3=CCCC=C3)nc2n1-c1ccc(C2(C)CCC2)cc1.CCC. The van der Waals surface area contributed by atoms with E-state index in [4.69, 9.17) is 15.7 Å². The average molecular weight is 494 g/mol. The maximum Gasteiger partial charge on any atom is 0.165 e. The number of hydrogen-bond donors (Lipinski definition) is 1. The van der Waals surface area contributed by atoms with E-state index in [1.165, 1.54) is 31.2 Å². The molecular weight excluding hydrogens is 454 g/mol. The number of rotatable bonds is 6. The molecule has 0 unspecified atom stereocenters. The van der Waals surface area contributed by atoms with Crippen molar-refractivity contribution in [2.45, 2.75) is 64.7 Å². The quantitative estimate of drug-likeness (QED) is 0.219. The zero-order valence-corrected chi connectivity index (χ0v) is 22.7. The Balaban J connectivity index is 0.00000102. The number of allylic oxidation sites excluding steroid dienone is 6. The van der Waals surface area contributed by atoms with E-state index in [2.05, 4.69) is 79.4 Å². The van der Waals surface area contributed by atoms with Crippen LogP contribution in [0.15, 0.2) is 78.3 Å². The lowest BCUT2D eigenvalue weighted by Gasteiger charge is -2.39. The first-order chi connectivity index (χ1) is 18.0. The third-order valence-corrected chi connectivity index (χ3v) is 7.12. The molecule has 1 saturated carbocycles. The molecule has 0 aliphatic heterocycles. The summed E-state index contributed by atoms with van der Waals surface area (Å²) in [5.74, 6) is 1.12. The summed E-state index contributed by atoms with van der Waals surface area (Å²) in [6.45, 7) is 10.5. The van der Waals surface area contributed by atoms with Crippen LogP contribution >= 0.6 is 0 Å². The molecule has 192 valence electrons. The minimum absolute atomic E-state index is 0.288. The number of aromatic nitrogens is 3. The van der Waals surface area contributed by atoms with E-state index in [9.17, 15) is 0 Å². The molecule has 5 heteroatoms. The standard InChI is InChI=1S/C29H31N5.C3H8/c1-4-9-23(26(30)31-3)27-33-25-17-16-24(20-10-6-5-7-11-20)32-28(25)34(27)22-14-12-21(13-15-22)29(2)18-8-19-29;1-3-2/h4,6,9-17H,1,5,7-8,18-19H2,2-3H3,(H2,30,31);3H2,1-2H3/b23-9+;. The number of nitrogens with two attached hydrogens (primary N) is 1. The first-order valence-corrected chi connectivity index (χ1v) is 13.4. The van der Waals surface area contributed by atoms with Gasteiger partial charge in [-0.1, -0.05) is 76.6 Å². The maximum atomic E-state index is 6.30. The molecule has 1 fully saturated rings. The average Bonchev–Trinajstić information content (AvgIpc) is 3.29. The van der Waals surface area contributed by atoms with Gasteiger partial charge in [-0.25, -0.2) is 9.97 Å². The molecule has 0 radical (unpaired) electrons. The van der Waals surface area contributed by atoms with Crippen LogP contribution in [-0.2, 0) is 5.41 Å². The van der Waals surface area contributed by atoms with Crippen LogP contribution in [0.2, 0.25) is 0 Å². The van der Waals surface area contributed by atoms with E-state index in [0.717, 1.165) is 46.5 Å². The van der Waals surface area contributed by atoms with Gasteiger partial charge in [0, 0.05) is 12.7 Å². The summed E-state index contributed by atoms with van der Waals surface area (Å²) in [5, 5.41) is 0. The van der Waals surface area contributed by atoms with Gasteiger partial charge in [0.2, 0.25) is 0 Å². The molecule has 2 aliphatic carbocycles. The molecule has 37 heavy (non-hydrogen) atoms. The monoisotopic (exact) mass is 493 g/mol. The largest absolute Gasteiger partial charge is 0.383 e. The Kier molecular flexibility index (Phi) is 8.22. The highest BCUT2D eigenvalue weighted by atomic mass is 15.1. The molecule has 2 aliphatic rings. The highest BCUT2D eigenvalue weighted by Crippen LogP contribution is 2.43. The van der Waals surface area contributed by atoms with Gasteiger partial charge in [-0.05, 0) is 72.6 Å². The highest BCUT2D eigenvalue weighted by molar-refractivity contribution is 6.21. The van der Waals surface area contributed by atoms with E-state index in [-0.39, 0.29) is 5.41 Å². The smallest absolute Gasteiger partial charge is 0.165 e. The van der Waals surface area contributed by atoms with Crippen LogP contribution in [-0.4, -0.2) is 27.4 Å². The van der Waals surface area contributed by atoms with Crippen LogP contribution in [0.25, 0.3) is 28.0 Å². The molecule has 2 heterocycles. The molecule has 0 amide bonds. The predicted octanol–water partition coefficient (Wildman–Crippen LogP) is 7.57. The van der Waals surface area contributed by atoms with Crippen molar-refractivity contribution >= 4 is 28.1 Å². The lowest BCUT2D eigenvalue weighted by Crippen LogP contribution is -2.30. The first-order valence-electron chi connectivity index (χ1n) is 13.4. The summed E-state index contributed by atoms with van der Waals surface area (Å²) in [5.41, 5.74) is 13.4. The molecule has 0 spiro atoms. The normalized spacial score (nSPS) is 17.0. The van der Waals surface area contributed by atoms with Crippen LogP contribution in [0.5, 0.6) is 0 Å². The first kappa shape index (κ1) is 26.3. The van der Waals surface area contributed by atoms with E-state index >= 15 is 0 Å². The fraction of sp³-hybridized carbons (Fsp3) is 0.344. The zero-order valence-electron chi connectivity index (χ0n) is 22.7. The van der Waals surface area contributed by atoms with Crippen molar-refractivity contribution in [3.05, 3.63) is 90.4 Å². The van der Waals surface area contributed by atoms with Gasteiger partial charge in [-0.2, -0.15) is 0 Å². The molecular formula is C32H39N5. The minimum Gasteiger partial charge on any atom is -0.383 e. The molecule has 5 nitrogen and oxygen atoms in total. The van der Waals surface area contributed by atoms with Crippen molar-refractivity contribution in [3.63, 3.8) is 0 Å². The van der Waals surface area contributed by atoms with Crippen molar-refractivity contribution < 1.29 is 0 Å². The highest BCUT2D eigenvalue weighted by Gasteiger charge is 2.33. The van der Waals surface area contributed by atoms with Crippen molar-refractivity contribution in [2.75, 3.05) is 7.05 Å². The van der Waals surface area contributed by atoms with Crippen LogP contribution in [0, 0.1) is 0 Å². The number of imidazole rings is 1. The summed E-state index contributed by atoms with van der Waals surface area (Å²) in [4.78, 5) is 14.2. The van der Waals surface area contributed by atoms with Crippen LogP contribution in [0.3, 0.4) is 0 Å². The summed E-state index contributed by atoms with van der Waals surface area (Å²) >= 11 is 0. The molecule has 1 aromatic carbocycles. The lowest BCUT2D eigenvalue weighted by atomic mass is 9.66. The summed E-state index contributed by atoms with van der Waals surface area (Å²) in [6, 6.07) is 12.9. The van der Waals surface area contributed by atoms with Crippen LogP contribution in [0.4, 0.5) is 0 Å². The molecule has 0 bridgehead atoms. The Labute approximate surface area is 221 Å². The summed E-state index contributed by atoms with van der Waals surface area (Å²) in [6.07, 6.45) is 17.3. The summed E-state index contributed by atoms with van der Waals surface area (Å²) < 4.78 is 2.09. The van der Waals surface area contributed by atoms with Gasteiger partial charge >= 0.3 is 0 Å². The number of benzene rings is 1. The predicted molar refractivity (Wildman–Crippen MR) is 158 cm³/mol. The van der Waals surface area contributed by atoms with Gasteiger partial charge in [0.1, 0.15) is 11.4 Å². The van der Waals surface area contributed by atoms with Gasteiger partial charge < -0.3 is 5.73 Å². The maximum absolute atomic E-state index is 6.30. The number of nitrogens with zero attached hydrogens (tertiary/aromatic N) is 4. The second kappa shape index (κ2) is 11.5. The minimum atomic E-state index is 0.288. The third-order valence-electron chi connectivity index (χ3n) is 7.12. The Morgan fingerprint density at radius 1 is 1.11 bits per heavy atom. The molecule has 2 aromatic heterocycles. The van der Waals surface area contributed by atoms with E-state index < -0.39 is 0 Å². The molecule has 0 saturated heterocycles. The van der Waals surface area contributed by atoms with Gasteiger partial charge in [-0.15, -0.1) is 0 Å². The number of amidine groups is 1. The number of hydrogen-bond acceptors (Lipinski definition) is 3.